The van der Waals surface area contributed by atoms with Gasteiger partial charge in [0.25, 0.3) is 0 Å². The molecule has 0 unspecified atom stereocenters. The molecule has 0 saturated carbocycles. The van der Waals surface area contributed by atoms with Gasteiger partial charge in [-0.2, -0.15) is 9.47 Å². The molecule has 0 atom stereocenters. The molecule has 0 aliphatic carbocycles. The van der Waals surface area contributed by atoms with Gasteiger partial charge in [-0.05, 0) is 17.6 Å². The van der Waals surface area contributed by atoms with E-state index in [0.29, 0.717) is 6.54 Å². The Balaban J connectivity index is 1.69. The lowest BCUT2D eigenvalue weighted by molar-refractivity contribution is 1.01. The molecular formula is C10H10N6S. The zero-order valence-corrected chi connectivity index (χ0v) is 9.66. The molecule has 0 amide bonds. The molecule has 0 aliphatic heterocycles. The van der Waals surface area contributed by atoms with Gasteiger partial charge in [0.15, 0.2) is 0 Å². The second-order valence-corrected chi connectivity index (χ2v) is 4.29. The number of nitrogens with one attached hydrogen (secondary N) is 3. The lowest BCUT2D eigenvalue weighted by Gasteiger charge is -1.98. The van der Waals surface area contributed by atoms with Crippen molar-refractivity contribution < 1.29 is 0 Å². The van der Waals surface area contributed by atoms with E-state index in [9.17, 15) is 0 Å². The van der Waals surface area contributed by atoms with E-state index in [1.165, 1.54) is 11.5 Å². The van der Waals surface area contributed by atoms with Gasteiger partial charge in [-0.1, -0.05) is 0 Å². The maximum Gasteiger partial charge on any atom is 0.125 e. The summed E-state index contributed by atoms with van der Waals surface area (Å²) in [6, 6.07) is 1.94. The predicted octanol–water partition coefficient (Wildman–Crippen LogP) is 1.87. The number of aromatic amines is 2. The minimum absolute atomic E-state index is 0.653. The van der Waals surface area contributed by atoms with Crippen LogP contribution in [0, 0.1) is 0 Å². The summed E-state index contributed by atoms with van der Waals surface area (Å²) in [5.74, 6) is 0.884. The van der Waals surface area contributed by atoms with Crippen molar-refractivity contribution in [1.82, 2.24) is 24.5 Å². The fourth-order valence-electron chi connectivity index (χ4n) is 1.47. The molecule has 0 spiro atoms. The van der Waals surface area contributed by atoms with E-state index >= 15 is 0 Å². The van der Waals surface area contributed by atoms with Crippen molar-refractivity contribution in [2.24, 2.45) is 0 Å². The van der Waals surface area contributed by atoms with Crippen molar-refractivity contribution in [3.63, 3.8) is 0 Å². The summed E-state index contributed by atoms with van der Waals surface area (Å²) < 4.78 is 4.02. The van der Waals surface area contributed by atoms with E-state index in [0.717, 1.165) is 22.1 Å². The van der Waals surface area contributed by atoms with Crippen LogP contribution in [-0.4, -0.2) is 24.5 Å². The highest BCUT2D eigenvalue weighted by atomic mass is 32.1. The van der Waals surface area contributed by atoms with Gasteiger partial charge in [-0.3, -0.25) is 5.10 Å². The summed E-state index contributed by atoms with van der Waals surface area (Å²) in [6.07, 6.45) is 7.16. The summed E-state index contributed by atoms with van der Waals surface area (Å²) in [7, 11) is 0. The third kappa shape index (κ3) is 2.18. The molecule has 0 bridgehead atoms. The highest BCUT2D eigenvalue weighted by molar-refractivity contribution is 7.10. The summed E-state index contributed by atoms with van der Waals surface area (Å²) in [4.78, 5) is 7.52. The molecule has 7 heteroatoms. The van der Waals surface area contributed by atoms with Gasteiger partial charge in [0.2, 0.25) is 0 Å². The Bertz CT molecular complexity index is 568. The van der Waals surface area contributed by atoms with Crippen LogP contribution in [0.4, 0.5) is 5.00 Å². The maximum atomic E-state index is 4.30. The molecule has 6 nitrogen and oxygen atoms in total. The van der Waals surface area contributed by atoms with Gasteiger partial charge >= 0.3 is 0 Å². The number of hydrogen-bond donors (Lipinski definition) is 3. The Kier molecular flexibility index (Phi) is 2.59. The second kappa shape index (κ2) is 4.38. The molecule has 0 radical (unpaired) electrons. The Labute approximate surface area is 101 Å². The van der Waals surface area contributed by atoms with E-state index < -0.39 is 0 Å². The van der Waals surface area contributed by atoms with Gasteiger partial charge in [0, 0.05) is 18.0 Å². The van der Waals surface area contributed by atoms with Gasteiger partial charge in [-0.25, -0.2) is 4.98 Å². The standard InChI is InChI=1S/C10H10N6S/c1-2-15-17-10(1)12-6-9-11-5-8(16-9)7-3-13-14-4-7/h1-5,12H,6H2,(H,11,16)(H,13,14). The van der Waals surface area contributed by atoms with Crippen LogP contribution in [0.2, 0.25) is 0 Å². The molecule has 3 N–H and O–H groups in total. The largest absolute Gasteiger partial charge is 0.368 e. The molecule has 0 aromatic carbocycles. The van der Waals surface area contributed by atoms with Crippen molar-refractivity contribution in [2.75, 3.05) is 5.32 Å². The number of H-pyrrole nitrogens is 2. The lowest BCUT2D eigenvalue weighted by Crippen LogP contribution is -1.99. The quantitative estimate of drug-likeness (QED) is 0.656. The van der Waals surface area contributed by atoms with Crippen LogP contribution in [0.25, 0.3) is 11.3 Å². The first-order valence-corrected chi connectivity index (χ1v) is 5.87. The van der Waals surface area contributed by atoms with Gasteiger partial charge < -0.3 is 10.3 Å². The molecule has 3 aromatic heterocycles. The monoisotopic (exact) mass is 246 g/mol. The van der Waals surface area contributed by atoms with Crippen LogP contribution in [0.3, 0.4) is 0 Å². The zero-order chi connectivity index (χ0) is 11.5. The summed E-state index contributed by atoms with van der Waals surface area (Å²) in [6.45, 7) is 0.653. The number of nitrogens with zero attached hydrogens (tertiary/aromatic N) is 3. The zero-order valence-electron chi connectivity index (χ0n) is 8.84. The fourth-order valence-corrected chi connectivity index (χ4v) is 1.97. The van der Waals surface area contributed by atoms with Crippen LogP contribution in [0.15, 0.2) is 30.9 Å². The van der Waals surface area contributed by atoms with Crippen LogP contribution >= 0.6 is 11.5 Å². The van der Waals surface area contributed by atoms with E-state index in [4.69, 9.17) is 0 Å². The van der Waals surface area contributed by atoms with Crippen LogP contribution < -0.4 is 5.32 Å². The molecule has 17 heavy (non-hydrogen) atoms. The average Bonchev–Trinajstić information content (AvgIpc) is 3.09. The Hall–Kier alpha value is -2.15. The number of aromatic nitrogens is 5. The van der Waals surface area contributed by atoms with Crippen molar-refractivity contribution in [3.8, 4) is 11.3 Å². The smallest absolute Gasteiger partial charge is 0.125 e. The Morgan fingerprint density at radius 3 is 3.12 bits per heavy atom. The Morgan fingerprint density at radius 1 is 1.35 bits per heavy atom. The second-order valence-electron chi connectivity index (χ2n) is 3.46. The fraction of sp³-hybridized carbons (Fsp3) is 0.100. The summed E-state index contributed by atoms with van der Waals surface area (Å²) in [5.41, 5.74) is 1.96. The molecule has 0 fully saturated rings. The number of imidazole rings is 1. The van der Waals surface area contributed by atoms with E-state index in [2.05, 4.69) is 29.9 Å². The highest BCUT2D eigenvalue weighted by Gasteiger charge is 2.04. The molecule has 86 valence electrons. The number of anilines is 1. The molecule has 3 heterocycles. The topological polar surface area (TPSA) is 82.3 Å². The van der Waals surface area contributed by atoms with Crippen molar-refractivity contribution in [2.45, 2.75) is 6.54 Å². The molecule has 3 aromatic rings. The normalized spacial score (nSPS) is 10.6. The van der Waals surface area contributed by atoms with Gasteiger partial charge in [0.05, 0.1) is 24.6 Å². The third-order valence-electron chi connectivity index (χ3n) is 2.31. The summed E-state index contributed by atoms with van der Waals surface area (Å²) >= 11 is 1.43. The van der Waals surface area contributed by atoms with E-state index in [-0.39, 0.29) is 0 Å². The first kappa shape index (κ1) is 10.0. The average molecular weight is 246 g/mol. The molecule has 3 rings (SSSR count). The van der Waals surface area contributed by atoms with Gasteiger partial charge in [-0.15, -0.1) is 0 Å². The maximum absolute atomic E-state index is 4.30. The van der Waals surface area contributed by atoms with E-state index in [1.54, 1.807) is 18.6 Å². The Morgan fingerprint density at radius 2 is 2.35 bits per heavy atom. The minimum Gasteiger partial charge on any atom is -0.368 e. The first-order chi connectivity index (χ1) is 8.42. The first-order valence-electron chi connectivity index (χ1n) is 5.09. The SMILES string of the molecule is c1cc(NCc2ncc(-c3cn[nH]c3)[nH]2)sn1. The van der Waals surface area contributed by atoms with Crippen LogP contribution in [0.5, 0.6) is 0 Å². The molecular weight excluding hydrogens is 236 g/mol. The van der Waals surface area contributed by atoms with Crippen molar-refractivity contribution in [1.29, 1.82) is 0 Å². The lowest BCUT2D eigenvalue weighted by atomic mass is 10.3. The summed E-state index contributed by atoms with van der Waals surface area (Å²) in [5, 5.41) is 10.9. The minimum atomic E-state index is 0.653. The van der Waals surface area contributed by atoms with Crippen molar-refractivity contribution >= 4 is 16.5 Å². The molecule has 0 aliphatic rings. The van der Waals surface area contributed by atoms with Crippen LogP contribution in [0.1, 0.15) is 5.82 Å². The van der Waals surface area contributed by atoms with Crippen LogP contribution in [-0.2, 0) is 6.54 Å². The number of rotatable bonds is 4. The van der Waals surface area contributed by atoms with Crippen molar-refractivity contribution in [3.05, 3.63) is 36.7 Å². The highest BCUT2D eigenvalue weighted by Crippen LogP contribution is 2.16. The number of hydrogen-bond acceptors (Lipinski definition) is 5. The molecule has 0 saturated heterocycles. The third-order valence-corrected chi connectivity index (χ3v) is 3.01. The van der Waals surface area contributed by atoms with E-state index in [1.807, 2.05) is 12.3 Å². The predicted molar refractivity (Wildman–Crippen MR) is 65.6 cm³/mol. The van der Waals surface area contributed by atoms with Gasteiger partial charge in [0.1, 0.15) is 10.8 Å².